The van der Waals surface area contributed by atoms with Crippen LogP contribution in [-0.2, 0) is 9.59 Å². The van der Waals surface area contributed by atoms with Crippen molar-refractivity contribution in [3.05, 3.63) is 0 Å². The Kier molecular flexibility index (Phi) is 3.48. The minimum atomic E-state index is -0.839. The molecule has 3 unspecified atom stereocenters. The minimum Gasteiger partial charge on any atom is -0.480 e. The Morgan fingerprint density at radius 1 is 1.16 bits per heavy atom. The topological polar surface area (TPSA) is 69.6 Å². The molecule has 1 amide bonds. The molecule has 0 spiro atoms. The number of carboxylic acids is 1. The zero-order valence-corrected chi connectivity index (χ0v) is 11.2. The molecule has 2 N–H and O–H groups in total. The summed E-state index contributed by atoms with van der Waals surface area (Å²) in [7, 11) is 0. The van der Waals surface area contributed by atoms with Crippen LogP contribution in [0.3, 0.4) is 0 Å². The van der Waals surface area contributed by atoms with E-state index in [4.69, 9.17) is 0 Å². The van der Waals surface area contributed by atoms with Crippen molar-refractivity contribution in [2.45, 2.75) is 63.1 Å². The molecule has 0 aromatic carbocycles. The molecule has 1 heterocycles. The zero-order chi connectivity index (χ0) is 13.4. The fourth-order valence-electron chi connectivity index (χ4n) is 3.65. The van der Waals surface area contributed by atoms with E-state index in [1.54, 1.807) is 4.90 Å². The largest absolute Gasteiger partial charge is 0.480 e. The monoisotopic (exact) mass is 266 g/mol. The molecule has 5 heteroatoms. The van der Waals surface area contributed by atoms with Crippen LogP contribution in [0, 0.1) is 5.92 Å². The van der Waals surface area contributed by atoms with Gasteiger partial charge in [0.25, 0.3) is 0 Å². The van der Waals surface area contributed by atoms with E-state index >= 15 is 0 Å². The summed E-state index contributed by atoms with van der Waals surface area (Å²) >= 11 is 0. The summed E-state index contributed by atoms with van der Waals surface area (Å²) in [5, 5.41) is 12.6. The zero-order valence-electron chi connectivity index (χ0n) is 11.2. The van der Waals surface area contributed by atoms with Crippen LogP contribution in [0.5, 0.6) is 0 Å². The molecule has 0 aromatic rings. The summed E-state index contributed by atoms with van der Waals surface area (Å²) in [6, 6.07) is 0.0574. The lowest BCUT2D eigenvalue weighted by molar-refractivity contribution is -0.149. The van der Waals surface area contributed by atoms with Crippen LogP contribution in [0.2, 0.25) is 0 Å². The maximum Gasteiger partial charge on any atom is 0.326 e. The Balaban J connectivity index is 1.69. The molecule has 2 aliphatic carbocycles. The molecule has 106 valence electrons. The maximum atomic E-state index is 12.3. The van der Waals surface area contributed by atoms with Gasteiger partial charge < -0.3 is 15.3 Å². The number of amides is 1. The van der Waals surface area contributed by atoms with Gasteiger partial charge in [-0.15, -0.1) is 0 Å². The fourth-order valence-corrected chi connectivity index (χ4v) is 3.65. The van der Waals surface area contributed by atoms with Crippen molar-refractivity contribution >= 4 is 11.9 Å². The van der Waals surface area contributed by atoms with E-state index in [9.17, 15) is 14.7 Å². The van der Waals surface area contributed by atoms with Gasteiger partial charge in [0.2, 0.25) is 5.91 Å². The number of aliphatic carboxylic acids is 1. The van der Waals surface area contributed by atoms with Gasteiger partial charge >= 0.3 is 5.97 Å². The van der Waals surface area contributed by atoms with E-state index in [0.717, 1.165) is 32.1 Å². The second kappa shape index (κ2) is 5.12. The SMILES string of the molecule is O=C(O)C1CC2CCCCC2N1C(=O)CNC1CC1. The van der Waals surface area contributed by atoms with Crippen molar-refractivity contribution in [3.63, 3.8) is 0 Å². The van der Waals surface area contributed by atoms with E-state index in [2.05, 4.69) is 5.32 Å². The first kappa shape index (κ1) is 12.9. The molecule has 1 saturated heterocycles. The van der Waals surface area contributed by atoms with Crippen LogP contribution in [0.15, 0.2) is 0 Å². The number of likely N-dealkylation sites (tertiary alicyclic amines) is 1. The molecule has 3 atom stereocenters. The van der Waals surface area contributed by atoms with E-state index in [1.165, 1.54) is 6.42 Å². The quantitative estimate of drug-likeness (QED) is 0.796. The van der Waals surface area contributed by atoms with Crippen LogP contribution in [-0.4, -0.2) is 46.6 Å². The normalized spacial score (nSPS) is 34.1. The number of fused-ring (bicyclic) bond motifs is 1. The van der Waals surface area contributed by atoms with Crippen molar-refractivity contribution in [1.82, 2.24) is 10.2 Å². The number of nitrogens with zero attached hydrogens (tertiary/aromatic N) is 1. The van der Waals surface area contributed by atoms with Crippen molar-refractivity contribution in [2.24, 2.45) is 5.92 Å². The Bertz CT molecular complexity index is 381. The maximum absolute atomic E-state index is 12.3. The van der Waals surface area contributed by atoms with Crippen molar-refractivity contribution in [1.29, 1.82) is 0 Å². The lowest BCUT2D eigenvalue weighted by Gasteiger charge is -2.33. The molecule has 3 rings (SSSR count). The standard InChI is InChI=1S/C14H22N2O3/c17-13(8-15-10-5-6-10)16-11-4-2-1-3-9(11)7-12(16)14(18)19/h9-12,15H,1-8H2,(H,18,19). The molecule has 0 aromatic heterocycles. The third kappa shape index (κ3) is 2.61. The van der Waals surface area contributed by atoms with Gasteiger partial charge in [0.15, 0.2) is 0 Å². The van der Waals surface area contributed by atoms with Gasteiger partial charge in [-0.2, -0.15) is 0 Å². The molecule has 0 bridgehead atoms. The molecular formula is C14H22N2O3. The van der Waals surface area contributed by atoms with E-state index in [1.807, 2.05) is 0 Å². The van der Waals surface area contributed by atoms with Gasteiger partial charge in [0.1, 0.15) is 6.04 Å². The third-order valence-electron chi connectivity index (χ3n) is 4.78. The summed E-state index contributed by atoms with van der Waals surface area (Å²) in [4.78, 5) is 25.4. The Labute approximate surface area is 113 Å². The highest BCUT2D eigenvalue weighted by atomic mass is 16.4. The van der Waals surface area contributed by atoms with Crippen LogP contribution in [0.25, 0.3) is 0 Å². The van der Waals surface area contributed by atoms with E-state index in [0.29, 0.717) is 24.9 Å². The number of carboxylic acid groups (broad SMARTS) is 1. The van der Waals surface area contributed by atoms with Gasteiger partial charge in [-0.25, -0.2) is 4.79 Å². The molecule has 3 aliphatic rings. The lowest BCUT2D eigenvalue weighted by Crippen LogP contribution is -2.49. The third-order valence-corrected chi connectivity index (χ3v) is 4.78. The van der Waals surface area contributed by atoms with Gasteiger partial charge in [-0.1, -0.05) is 12.8 Å². The van der Waals surface area contributed by atoms with Gasteiger partial charge in [0, 0.05) is 12.1 Å². The van der Waals surface area contributed by atoms with Crippen molar-refractivity contribution < 1.29 is 14.7 Å². The molecular weight excluding hydrogens is 244 g/mol. The molecule has 2 saturated carbocycles. The number of carbonyl (C=O) groups is 2. The number of hydrogen-bond acceptors (Lipinski definition) is 3. The summed E-state index contributed by atoms with van der Waals surface area (Å²) < 4.78 is 0. The molecule has 5 nitrogen and oxygen atoms in total. The smallest absolute Gasteiger partial charge is 0.326 e. The molecule has 3 fully saturated rings. The van der Waals surface area contributed by atoms with Gasteiger partial charge in [-0.3, -0.25) is 4.79 Å². The first-order chi connectivity index (χ1) is 9.16. The first-order valence-electron chi connectivity index (χ1n) is 7.44. The molecule has 1 aliphatic heterocycles. The van der Waals surface area contributed by atoms with Crippen LogP contribution >= 0.6 is 0 Å². The number of hydrogen-bond donors (Lipinski definition) is 2. The predicted molar refractivity (Wildman–Crippen MR) is 69.7 cm³/mol. The summed E-state index contributed by atoms with van der Waals surface area (Å²) in [5.41, 5.74) is 0. The van der Waals surface area contributed by atoms with Crippen LogP contribution in [0.4, 0.5) is 0 Å². The van der Waals surface area contributed by atoms with Crippen molar-refractivity contribution in [2.75, 3.05) is 6.54 Å². The number of nitrogens with one attached hydrogen (secondary N) is 1. The second-order valence-electron chi connectivity index (χ2n) is 6.16. The highest BCUT2D eigenvalue weighted by molar-refractivity contribution is 5.86. The van der Waals surface area contributed by atoms with E-state index in [-0.39, 0.29) is 11.9 Å². The lowest BCUT2D eigenvalue weighted by atomic mass is 9.85. The number of rotatable bonds is 4. The summed E-state index contributed by atoms with van der Waals surface area (Å²) in [6.07, 6.45) is 7.28. The Morgan fingerprint density at radius 2 is 1.89 bits per heavy atom. The predicted octanol–water partition coefficient (Wildman–Crippen LogP) is 0.983. The van der Waals surface area contributed by atoms with Gasteiger partial charge in [-0.05, 0) is 38.0 Å². The highest BCUT2D eigenvalue weighted by Gasteiger charge is 2.47. The van der Waals surface area contributed by atoms with Gasteiger partial charge in [0.05, 0.1) is 6.54 Å². The Hall–Kier alpha value is -1.10. The highest BCUT2D eigenvalue weighted by Crippen LogP contribution is 2.39. The minimum absolute atomic E-state index is 0.0197. The Morgan fingerprint density at radius 3 is 2.58 bits per heavy atom. The fraction of sp³-hybridized carbons (Fsp3) is 0.857. The summed E-state index contributed by atoms with van der Waals surface area (Å²) in [5.74, 6) is -0.456. The van der Waals surface area contributed by atoms with Crippen molar-refractivity contribution in [3.8, 4) is 0 Å². The average Bonchev–Trinajstić information content (AvgIpc) is 3.14. The van der Waals surface area contributed by atoms with Crippen LogP contribution < -0.4 is 5.32 Å². The summed E-state index contributed by atoms with van der Waals surface area (Å²) in [6.45, 7) is 0.303. The second-order valence-corrected chi connectivity index (χ2v) is 6.16. The number of carbonyl (C=O) groups excluding carboxylic acids is 1. The first-order valence-corrected chi connectivity index (χ1v) is 7.44. The van der Waals surface area contributed by atoms with Crippen LogP contribution in [0.1, 0.15) is 44.9 Å². The van der Waals surface area contributed by atoms with E-state index < -0.39 is 12.0 Å². The average molecular weight is 266 g/mol. The molecule has 19 heavy (non-hydrogen) atoms. The molecule has 0 radical (unpaired) electrons.